The van der Waals surface area contributed by atoms with Gasteiger partial charge < -0.3 is 0 Å². The molecule has 0 aromatic heterocycles. The number of likely N-dealkylation sites (tertiary alicyclic amines) is 1. The average molecular weight is 207 g/mol. The maximum absolute atomic E-state index is 2.80. The Bertz CT molecular complexity index is 262. The molecule has 1 saturated heterocycles. The Kier molecular flexibility index (Phi) is 2.18. The van der Waals surface area contributed by atoms with Crippen LogP contribution in [0.5, 0.6) is 0 Å². The highest BCUT2D eigenvalue weighted by Crippen LogP contribution is 2.73. The van der Waals surface area contributed by atoms with Crippen LogP contribution in [0.2, 0.25) is 0 Å². The van der Waals surface area contributed by atoms with Crippen LogP contribution >= 0.6 is 0 Å². The second-order valence-corrected chi connectivity index (χ2v) is 6.19. The largest absolute Gasteiger partial charge is 0.297 e. The standard InChI is InChI=1S/C14H25N/c1-4-6-12-9-14(8-11-7-13(11)14)10(3)15(12)5-2/h10-13H,4-9H2,1-3H3. The van der Waals surface area contributed by atoms with Crippen molar-refractivity contribution in [3.63, 3.8) is 0 Å². The van der Waals surface area contributed by atoms with Gasteiger partial charge in [0.1, 0.15) is 0 Å². The highest BCUT2D eigenvalue weighted by molar-refractivity contribution is 5.19. The van der Waals surface area contributed by atoms with E-state index in [1.54, 1.807) is 12.8 Å². The van der Waals surface area contributed by atoms with Gasteiger partial charge in [0.05, 0.1) is 0 Å². The third kappa shape index (κ3) is 1.19. The molecule has 1 heteroatoms. The molecule has 0 radical (unpaired) electrons. The van der Waals surface area contributed by atoms with Crippen LogP contribution in [-0.4, -0.2) is 23.5 Å². The van der Waals surface area contributed by atoms with E-state index in [4.69, 9.17) is 0 Å². The second kappa shape index (κ2) is 3.23. The third-order valence-electron chi connectivity index (χ3n) is 5.70. The Labute approximate surface area is 94.2 Å². The Balaban J connectivity index is 1.77. The number of nitrogens with zero attached hydrogens (tertiary/aromatic N) is 1. The average Bonchev–Trinajstić information content (AvgIpc) is 2.79. The molecule has 2 saturated carbocycles. The molecule has 1 aliphatic heterocycles. The van der Waals surface area contributed by atoms with Gasteiger partial charge in [-0.3, -0.25) is 4.90 Å². The minimum absolute atomic E-state index is 0.778. The predicted molar refractivity (Wildman–Crippen MR) is 63.8 cm³/mol. The van der Waals surface area contributed by atoms with Crippen LogP contribution in [0.3, 0.4) is 0 Å². The molecule has 86 valence electrons. The fraction of sp³-hybridized carbons (Fsp3) is 1.00. The molecule has 1 nitrogen and oxygen atoms in total. The number of hydrogen-bond donors (Lipinski definition) is 0. The first-order valence-electron chi connectivity index (χ1n) is 6.98. The van der Waals surface area contributed by atoms with Crippen LogP contribution in [0.15, 0.2) is 0 Å². The van der Waals surface area contributed by atoms with Crippen LogP contribution in [0.1, 0.15) is 52.9 Å². The smallest absolute Gasteiger partial charge is 0.0130 e. The summed E-state index contributed by atoms with van der Waals surface area (Å²) < 4.78 is 0. The van der Waals surface area contributed by atoms with Crippen LogP contribution in [0, 0.1) is 17.3 Å². The Hall–Kier alpha value is -0.0400. The van der Waals surface area contributed by atoms with Crippen molar-refractivity contribution >= 4 is 0 Å². The lowest BCUT2D eigenvalue weighted by molar-refractivity contribution is 0.0639. The Morgan fingerprint density at radius 3 is 2.53 bits per heavy atom. The summed E-state index contributed by atoms with van der Waals surface area (Å²) in [6, 6.07) is 1.79. The molecule has 15 heavy (non-hydrogen) atoms. The summed E-state index contributed by atoms with van der Waals surface area (Å²) in [6.07, 6.45) is 7.45. The van der Waals surface area contributed by atoms with Crippen molar-refractivity contribution < 1.29 is 0 Å². The molecule has 0 amide bonds. The van der Waals surface area contributed by atoms with E-state index < -0.39 is 0 Å². The number of rotatable bonds is 3. The predicted octanol–water partition coefficient (Wildman–Crippen LogP) is 3.30. The summed E-state index contributed by atoms with van der Waals surface area (Å²) in [6.45, 7) is 8.46. The van der Waals surface area contributed by atoms with Crippen molar-refractivity contribution in [1.29, 1.82) is 0 Å². The lowest BCUT2D eigenvalue weighted by Gasteiger charge is -2.43. The zero-order chi connectivity index (χ0) is 10.6. The zero-order valence-electron chi connectivity index (χ0n) is 10.5. The van der Waals surface area contributed by atoms with Gasteiger partial charge in [-0.25, -0.2) is 0 Å². The lowest BCUT2D eigenvalue weighted by Crippen LogP contribution is -2.44. The fourth-order valence-corrected chi connectivity index (χ4v) is 4.88. The quantitative estimate of drug-likeness (QED) is 0.686. The van der Waals surface area contributed by atoms with Crippen molar-refractivity contribution in [2.75, 3.05) is 6.54 Å². The van der Waals surface area contributed by atoms with Crippen molar-refractivity contribution in [2.24, 2.45) is 17.3 Å². The molecule has 5 atom stereocenters. The van der Waals surface area contributed by atoms with E-state index in [1.807, 2.05) is 0 Å². The molecular weight excluding hydrogens is 182 g/mol. The maximum Gasteiger partial charge on any atom is 0.0130 e. The molecule has 5 unspecified atom stereocenters. The van der Waals surface area contributed by atoms with Gasteiger partial charge in [-0.15, -0.1) is 0 Å². The third-order valence-corrected chi connectivity index (χ3v) is 5.70. The highest BCUT2D eigenvalue weighted by Gasteiger charge is 2.69. The van der Waals surface area contributed by atoms with Gasteiger partial charge in [-0.2, -0.15) is 0 Å². The summed E-state index contributed by atoms with van der Waals surface area (Å²) in [5, 5.41) is 0. The van der Waals surface area contributed by atoms with Gasteiger partial charge in [-0.1, -0.05) is 20.3 Å². The van der Waals surface area contributed by atoms with Crippen LogP contribution < -0.4 is 0 Å². The Morgan fingerprint density at radius 2 is 2.07 bits per heavy atom. The molecule has 0 bridgehead atoms. The van der Waals surface area contributed by atoms with Crippen molar-refractivity contribution in [2.45, 2.75) is 65.0 Å². The van der Waals surface area contributed by atoms with E-state index in [0.29, 0.717) is 0 Å². The van der Waals surface area contributed by atoms with E-state index in [-0.39, 0.29) is 0 Å². The summed E-state index contributed by atoms with van der Waals surface area (Å²) in [5.41, 5.74) is 0.778. The van der Waals surface area contributed by atoms with Gasteiger partial charge in [0.15, 0.2) is 0 Å². The maximum atomic E-state index is 2.80. The molecular formula is C14H25N. The van der Waals surface area contributed by atoms with E-state index >= 15 is 0 Å². The SMILES string of the molecule is CCCC1CC2(CC3CC32)C(C)N1CC. The molecule has 1 spiro atoms. The molecule has 3 rings (SSSR count). The lowest BCUT2D eigenvalue weighted by atomic mass is 9.63. The molecule has 0 aromatic rings. The van der Waals surface area contributed by atoms with Crippen LogP contribution in [0.25, 0.3) is 0 Å². The van der Waals surface area contributed by atoms with E-state index in [2.05, 4.69) is 25.7 Å². The first kappa shape index (κ1) is 10.1. The molecule has 1 heterocycles. The first-order chi connectivity index (χ1) is 7.23. The van der Waals surface area contributed by atoms with E-state index in [1.165, 1.54) is 25.8 Å². The summed E-state index contributed by atoms with van der Waals surface area (Å²) in [4.78, 5) is 2.80. The van der Waals surface area contributed by atoms with Crippen molar-refractivity contribution in [3.05, 3.63) is 0 Å². The van der Waals surface area contributed by atoms with Crippen molar-refractivity contribution in [3.8, 4) is 0 Å². The van der Waals surface area contributed by atoms with E-state index in [9.17, 15) is 0 Å². The first-order valence-corrected chi connectivity index (χ1v) is 6.98. The van der Waals surface area contributed by atoms with Gasteiger partial charge in [0.2, 0.25) is 0 Å². The van der Waals surface area contributed by atoms with Gasteiger partial charge in [0, 0.05) is 12.1 Å². The Morgan fingerprint density at radius 1 is 1.27 bits per heavy atom. The molecule has 3 fully saturated rings. The van der Waals surface area contributed by atoms with Crippen LogP contribution in [0.4, 0.5) is 0 Å². The van der Waals surface area contributed by atoms with Crippen molar-refractivity contribution in [1.82, 2.24) is 4.90 Å². The van der Waals surface area contributed by atoms with Crippen LogP contribution in [-0.2, 0) is 0 Å². The van der Waals surface area contributed by atoms with Gasteiger partial charge in [-0.05, 0) is 56.4 Å². The number of fused-ring (bicyclic) bond motifs is 2. The normalized spacial score (nSPS) is 53.0. The summed E-state index contributed by atoms with van der Waals surface area (Å²) in [5.74, 6) is 2.30. The molecule has 0 N–H and O–H groups in total. The monoisotopic (exact) mass is 207 g/mol. The summed E-state index contributed by atoms with van der Waals surface area (Å²) >= 11 is 0. The topological polar surface area (TPSA) is 3.24 Å². The zero-order valence-corrected chi connectivity index (χ0v) is 10.5. The molecule has 0 aromatic carbocycles. The van der Waals surface area contributed by atoms with Gasteiger partial charge >= 0.3 is 0 Å². The minimum atomic E-state index is 0.778. The van der Waals surface area contributed by atoms with E-state index in [0.717, 1.165) is 29.3 Å². The molecule has 2 aliphatic carbocycles. The van der Waals surface area contributed by atoms with Gasteiger partial charge in [0.25, 0.3) is 0 Å². The number of hydrogen-bond acceptors (Lipinski definition) is 1. The second-order valence-electron chi connectivity index (χ2n) is 6.19. The minimum Gasteiger partial charge on any atom is -0.297 e. The molecule has 3 aliphatic rings. The fourth-order valence-electron chi connectivity index (χ4n) is 4.88. The highest BCUT2D eigenvalue weighted by atomic mass is 15.2. The summed E-state index contributed by atoms with van der Waals surface area (Å²) in [7, 11) is 0.